The summed E-state index contributed by atoms with van der Waals surface area (Å²) in [5, 5.41) is 16.7. The van der Waals surface area contributed by atoms with Crippen molar-refractivity contribution < 1.29 is 9.90 Å². The average molecular weight is 401 g/mol. The zero-order valence-electron chi connectivity index (χ0n) is 16.1. The zero-order chi connectivity index (χ0) is 19.3. The predicted octanol–water partition coefficient (Wildman–Crippen LogP) is 2.35. The molecule has 0 unspecified atom stereocenters. The van der Waals surface area contributed by atoms with Gasteiger partial charge in [0.05, 0.1) is 0 Å². The number of aliphatic hydroxyl groups is 1. The van der Waals surface area contributed by atoms with Crippen molar-refractivity contribution >= 4 is 23.1 Å². The summed E-state index contributed by atoms with van der Waals surface area (Å²) in [5.41, 5.74) is 3.58. The van der Waals surface area contributed by atoms with Crippen LogP contribution in [0, 0.1) is 0 Å². The van der Waals surface area contributed by atoms with Crippen LogP contribution in [0.5, 0.6) is 0 Å². The first-order chi connectivity index (χ1) is 13.7. The monoisotopic (exact) mass is 400 g/mol. The zero-order valence-corrected chi connectivity index (χ0v) is 16.9. The summed E-state index contributed by atoms with van der Waals surface area (Å²) in [7, 11) is 0. The molecule has 150 valence electrons. The van der Waals surface area contributed by atoms with Crippen molar-refractivity contribution in [1.29, 1.82) is 0 Å². The summed E-state index contributed by atoms with van der Waals surface area (Å²) in [6.07, 6.45) is 0.809. The number of piperazine rings is 1. The number of carbonyl (C=O) groups is 1. The van der Waals surface area contributed by atoms with E-state index in [1.54, 1.807) is 16.2 Å². The molecule has 3 heterocycles. The predicted molar refractivity (Wildman–Crippen MR) is 113 cm³/mol. The maximum Gasteiger partial charge on any atom is 0.321 e. The second-order valence-electron chi connectivity index (χ2n) is 7.55. The fraction of sp³-hybridized carbons (Fsp3) is 0.476. The van der Waals surface area contributed by atoms with Crippen LogP contribution in [-0.4, -0.2) is 66.3 Å². The molecule has 28 heavy (non-hydrogen) atoms. The number of hydrogen-bond acceptors (Lipinski definition) is 5. The average Bonchev–Trinajstić information content (AvgIpc) is 3.36. The van der Waals surface area contributed by atoms with E-state index >= 15 is 0 Å². The molecule has 2 aliphatic rings. The van der Waals surface area contributed by atoms with Crippen molar-refractivity contribution in [3.8, 4) is 0 Å². The van der Waals surface area contributed by atoms with Gasteiger partial charge in [0, 0.05) is 64.1 Å². The number of carbonyl (C=O) groups excluding carboxylic acids is 1. The third-order valence-electron chi connectivity index (χ3n) is 5.63. The largest absolute Gasteiger partial charge is 0.396 e. The fourth-order valence-electron chi connectivity index (χ4n) is 4.11. The Morgan fingerprint density at radius 1 is 1.07 bits per heavy atom. The lowest BCUT2D eigenvalue weighted by Crippen LogP contribution is -2.52. The van der Waals surface area contributed by atoms with Gasteiger partial charge in [-0.25, -0.2) is 4.79 Å². The number of amides is 2. The highest BCUT2D eigenvalue weighted by Crippen LogP contribution is 2.21. The molecule has 2 saturated heterocycles. The minimum absolute atomic E-state index is 0.0126. The summed E-state index contributed by atoms with van der Waals surface area (Å²) in [6.45, 7) is 6.56. The molecule has 0 spiro atoms. The Labute approximate surface area is 170 Å². The first-order valence-electron chi connectivity index (χ1n) is 9.95. The second-order valence-corrected chi connectivity index (χ2v) is 8.33. The SMILES string of the molecule is O=C1NCCN1c1ccc(CN2CCN(Cc3ccsc3)[C@H](CCO)C2)cc1. The Morgan fingerprint density at radius 2 is 1.93 bits per heavy atom. The molecule has 6 nitrogen and oxygen atoms in total. The highest BCUT2D eigenvalue weighted by Gasteiger charge is 2.27. The van der Waals surface area contributed by atoms with Crippen LogP contribution in [0.2, 0.25) is 0 Å². The topological polar surface area (TPSA) is 59.1 Å². The number of benzene rings is 1. The Hall–Kier alpha value is -1.93. The second kappa shape index (κ2) is 9.05. The van der Waals surface area contributed by atoms with Crippen LogP contribution in [0.3, 0.4) is 0 Å². The molecule has 0 radical (unpaired) electrons. The number of rotatable bonds is 7. The van der Waals surface area contributed by atoms with Crippen LogP contribution in [0.1, 0.15) is 17.5 Å². The van der Waals surface area contributed by atoms with E-state index in [0.29, 0.717) is 12.6 Å². The van der Waals surface area contributed by atoms with Crippen molar-refractivity contribution in [2.24, 2.45) is 0 Å². The smallest absolute Gasteiger partial charge is 0.321 e. The van der Waals surface area contributed by atoms with Crippen LogP contribution >= 0.6 is 11.3 Å². The number of anilines is 1. The Bertz CT molecular complexity index is 765. The molecule has 2 N–H and O–H groups in total. The molecule has 1 aromatic heterocycles. The van der Waals surface area contributed by atoms with E-state index in [9.17, 15) is 9.90 Å². The van der Waals surface area contributed by atoms with Gasteiger partial charge in [0.1, 0.15) is 0 Å². The van der Waals surface area contributed by atoms with Crippen LogP contribution in [0.25, 0.3) is 0 Å². The van der Waals surface area contributed by atoms with Gasteiger partial charge in [-0.05, 0) is 46.5 Å². The van der Waals surface area contributed by atoms with Gasteiger partial charge in [0.2, 0.25) is 0 Å². The van der Waals surface area contributed by atoms with Crippen molar-refractivity contribution in [1.82, 2.24) is 15.1 Å². The van der Waals surface area contributed by atoms with Gasteiger partial charge < -0.3 is 10.4 Å². The van der Waals surface area contributed by atoms with E-state index < -0.39 is 0 Å². The highest BCUT2D eigenvalue weighted by molar-refractivity contribution is 7.07. The fourth-order valence-corrected chi connectivity index (χ4v) is 4.77. The van der Waals surface area contributed by atoms with Crippen molar-refractivity contribution in [3.63, 3.8) is 0 Å². The first-order valence-corrected chi connectivity index (χ1v) is 10.9. The van der Waals surface area contributed by atoms with Crippen molar-refractivity contribution in [2.45, 2.75) is 25.6 Å². The quantitative estimate of drug-likeness (QED) is 0.749. The number of thiophene rings is 1. The van der Waals surface area contributed by atoms with Crippen molar-refractivity contribution in [3.05, 3.63) is 52.2 Å². The molecule has 0 bridgehead atoms. The molecule has 2 fully saturated rings. The Kier molecular flexibility index (Phi) is 6.26. The van der Waals surface area contributed by atoms with Gasteiger partial charge in [0.25, 0.3) is 0 Å². The molecule has 0 aliphatic carbocycles. The standard InChI is InChI=1S/C21H28N4O2S/c26-11-5-20-15-23(9-10-24(20)14-18-6-12-28-16-18)13-17-1-3-19(4-2-17)25-8-7-22-21(25)27/h1-4,6,12,16,20,26H,5,7-11,13-15H2,(H,22,27)/t20-/m1/s1. The van der Waals surface area contributed by atoms with Crippen LogP contribution in [0.4, 0.5) is 10.5 Å². The molecule has 2 aliphatic heterocycles. The highest BCUT2D eigenvalue weighted by atomic mass is 32.1. The summed E-state index contributed by atoms with van der Waals surface area (Å²) in [4.78, 5) is 18.6. The van der Waals surface area contributed by atoms with E-state index in [4.69, 9.17) is 0 Å². The van der Waals surface area contributed by atoms with Crippen LogP contribution in [0.15, 0.2) is 41.1 Å². The van der Waals surface area contributed by atoms with Gasteiger partial charge in [-0.2, -0.15) is 11.3 Å². The number of nitrogens with zero attached hydrogens (tertiary/aromatic N) is 3. The summed E-state index contributed by atoms with van der Waals surface area (Å²) in [6, 6.07) is 10.9. The third-order valence-corrected chi connectivity index (χ3v) is 6.36. The number of hydrogen-bond donors (Lipinski definition) is 2. The van der Waals surface area contributed by atoms with Gasteiger partial charge >= 0.3 is 6.03 Å². The summed E-state index contributed by atoms with van der Waals surface area (Å²) >= 11 is 1.74. The van der Waals surface area contributed by atoms with E-state index in [2.05, 4.69) is 44.1 Å². The van der Waals surface area contributed by atoms with E-state index in [0.717, 1.165) is 51.4 Å². The lowest BCUT2D eigenvalue weighted by Gasteiger charge is -2.41. The molecule has 1 atom stereocenters. The maximum absolute atomic E-state index is 11.8. The van der Waals surface area contributed by atoms with Crippen LogP contribution in [-0.2, 0) is 13.1 Å². The van der Waals surface area contributed by atoms with Crippen LogP contribution < -0.4 is 10.2 Å². The van der Waals surface area contributed by atoms with Gasteiger partial charge in [-0.15, -0.1) is 0 Å². The van der Waals surface area contributed by atoms with Gasteiger partial charge in [0.15, 0.2) is 0 Å². The van der Waals surface area contributed by atoms with Gasteiger partial charge in [-0.3, -0.25) is 14.7 Å². The van der Waals surface area contributed by atoms with E-state index in [1.807, 2.05) is 12.1 Å². The number of urea groups is 1. The van der Waals surface area contributed by atoms with E-state index in [1.165, 1.54) is 11.1 Å². The lowest BCUT2D eigenvalue weighted by molar-refractivity contribution is 0.0500. The lowest BCUT2D eigenvalue weighted by atomic mass is 10.1. The number of nitrogens with one attached hydrogen (secondary N) is 1. The maximum atomic E-state index is 11.8. The minimum Gasteiger partial charge on any atom is -0.396 e. The van der Waals surface area contributed by atoms with Crippen molar-refractivity contribution in [2.75, 3.05) is 44.2 Å². The molecule has 7 heteroatoms. The number of aliphatic hydroxyl groups excluding tert-OH is 1. The van der Waals surface area contributed by atoms with E-state index in [-0.39, 0.29) is 12.6 Å². The molecule has 4 rings (SSSR count). The molecule has 1 aromatic carbocycles. The molecule has 2 amide bonds. The van der Waals surface area contributed by atoms with Gasteiger partial charge in [-0.1, -0.05) is 12.1 Å². The third kappa shape index (κ3) is 4.55. The molecule has 2 aromatic rings. The Morgan fingerprint density at radius 3 is 2.61 bits per heavy atom. The Balaban J connectivity index is 1.35. The minimum atomic E-state index is -0.0126. The molecule has 0 saturated carbocycles. The molecular formula is C21H28N4O2S. The summed E-state index contributed by atoms with van der Waals surface area (Å²) < 4.78 is 0. The normalized spacial score (nSPS) is 21.2. The summed E-state index contributed by atoms with van der Waals surface area (Å²) in [5.74, 6) is 0. The molecular weight excluding hydrogens is 372 g/mol. The first kappa shape index (κ1) is 19.4.